The molecular weight excluding hydrogens is 214 g/mol. The molecule has 3 nitrogen and oxygen atoms in total. The highest BCUT2D eigenvalue weighted by molar-refractivity contribution is 5.83. The fraction of sp³-hybridized carbons (Fsp3) is 0.429. The number of allylic oxidation sites excluding steroid dienone is 3. The number of carbonyl (C=O) groups excluding carboxylic acids is 1. The van der Waals surface area contributed by atoms with Crippen molar-refractivity contribution in [2.24, 2.45) is 0 Å². The molecule has 0 aliphatic carbocycles. The molecule has 0 spiro atoms. The molecule has 1 unspecified atom stereocenters. The van der Waals surface area contributed by atoms with Gasteiger partial charge in [0.05, 0.1) is 0 Å². The molecule has 0 aliphatic rings. The van der Waals surface area contributed by atoms with Crippen LogP contribution in [0.4, 0.5) is 0 Å². The van der Waals surface area contributed by atoms with Crippen molar-refractivity contribution in [2.45, 2.75) is 39.7 Å². The summed E-state index contributed by atoms with van der Waals surface area (Å²) < 4.78 is 4.84. The summed E-state index contributed by atoms with van der Waals surface area (Å²) in [7, 11) is 0. The van der Waals surface area contributed by atoms with Crippen LogP contribution in [0, 0.1) is 11.3 Å². The van der Waals surface area contributed by atoms with Gasteiger partial charge in [-0.15, -0.1) is 0 Å². The number of carbonyl (C=O) groups is 1. The maximum Gasteiger partial charge on any atom is 0.332 e. The fourth-order valence-electron chi connectivity index (χ4n) is 1.15. The molecule has 0 aromatic heterocycles. The lowest BCUT2D eigenvalue weighted by Crippen LogP contribution is -2.12. The van der Waals surface area contributed by atoms with Crippen LogP contribution in [0.2, 0.25) is 0 Å². The van der Waals surface area contributed by atoms with Crippen LogP contribution in [0.25, 0.3) is 0 Å². The van der Waals surface area contributed by atoms with E-state index >= 15 is 0 Å². The van der Waals surface area contributed by atoms with Gasteiger partial charge in [0.25, 0.3) is 0 Å². The Morgan fingerprint density at radius 1 is 1.47 bits per heavy atom. The molecule has 0 saturated carbocycles. The normalized spacial score (nSPS) is 12.2. The predicted molar refractivity (Wildman–Crippen MR) is 68.1 cm³/mol. The number of hydrogen-bond donors (Lipinski definition) is 0. The Labute approximate surface area is 103 Å². The van der Waals surface area contributed by atoms with E-state index in [1.807, 2.05) is 26.8 Å². The second-order valence-corrected chi connectivity index (χ2v) is 4.03. The maximum atomic E-state index is 11.4. The largest absolute Gasteiger partial charge is 0.439 e. The molecule has 0 aliphatic heterocycles. The minimum Gasteiger partial charge on any atom is -0.439 e. The molecule has 17 heavy (non-hydrogen) atoms. The monoisotopic (exact) mass is 233 g/mol. The van der Waals surface area contributed by atoms with E-state index in [0.717, 1.165) is 18.4 Å². The summed E-state index contributed by atoms with van der Waals surface area (Å²) in [5.74, 6) is -0.494. The molecule has 0 fully saturated rings. The average molecular weight is 233 g/mol. The molecule has 0 N–H and O–H groups in total. The molecule has 92 valence electrons. The number of ether oxygens (including phenoxy) is 1. The first-order valence-corrected chi connectivity index (χ1v) is 5.53. The summed E-state index contributed by atoms with van der Waals surface area (Å²) >= 11 is 0. The second-order valence-electron chi connectivity index (χ2n) is 4.03. The second kappa shape index (κ2) is 8.35. The van der Waals surface area contributed by atoms with E-state index < -0.39 is 12.1 Å². The Hall–Kier alpha value is -1.82. The number of nitriles is 1. The van der Waals surface area contributed by atoms with E-state index in [2.05, 4.69) is 12.7 Å². The van der Waals surface area contributed by atoms with Gasteiger partial charge in [0, 0.05) is 6.08 Å². The minimum absolute atomic E-state index is 0.494. The van der Waals surface area contributed by atoms with Gasteiger partial charge in [0.15, 0.2) is 0 Å². The number of nitrogens with zero attached hydrogens (tertiary/aromatic N) is 1. The third kappa shape index (κ3) is 8.04. The van der Waals surface area contributed by atoms with Crippen LogP contribution >= 0.6 is 0 Å². The summed E-state index contributed by atoms with van der Waals surface area (Å²) in [5, 5.41) is 8.58. The zero-order valence-electron chi connectivity index (χ0n) is 10.7. The zero-order valence-corrected chi connectivity index (χ0v) is 10.7. The van der Waals surface area contributed by atoms with E-state index in [4.69, 9.17) is 10.00 Å². The predicted octanol–water partition coefficient (Wildman–Crippen LogP) is 3.30. The molecule has 1 atom stereocenters. The zero-order chi connectivity index (χ0) is 13.3. The smallest absolute Gasteiger partial charge is 0.332 e. The van der Waals surface area contributed by atoms with Gasteiger partial charge < -0.3 is 4.74 Å². The van der Waals surface area contributed by atoms with Crippen molar-refractivity contribution in [3.63, 3.8) is 0 Å². The van der Waals surface area contributed by atoms with Crippen molar-refractivity contribution < 1.29 is 9.53 Å². The highest BCUT2D eigenvalue weighted by Crippen LogP contribution is 2.07. The lowest BCUT2D eigenvalue weighted by molar-refractivity contribution is -0.138. The molecule has 0 heterocycles. The van der Waals surface area contributed by atoms with Crippen LogP contribution in [0.3, 0.4) is 0 Å². The Morgan fingerprint density at radius 3 is 2.59 bits per heavy atom. The first-order valence-electron chi connectivity index (χ1n) is 5.53. The highest BCUT2D eigenvalue weighted by atomic mass is 16.5. The highest BCUT2D eigenvalue weighted by Gasteiger charge is 2.07. The van der Waals surface area contributed by atoms with Crippen molar-refractivity contribution >= 4 is 5.97 Å². The fourth-order valence-corrected chi connectivity index (χ4v) is 1.15. The number of hydrogen-bond acceptors (Lipinski definition) is 3. The summed E-state index contributed by atoms with van der Waals surface area (Å²) in [6, 6.07) is 1.81. The lowest BCUT2D eigenvalue weighted by Gasteiger charge is -2.04. The van der Waals surface area contributed by atoms with Crippen LogP contribution in [-0.4, -0.2) is 12.1 Å². The molecule has 3 heteroatoms. The molecule has 0 aromatic rings. The third-order valence-corrected chi connectivity index (χ3v) is 2.04. The number of rotatable bonds is 6. The Kier molecular flexibility index (Phi) is 7.45. The molecule has 0 saturated heterocycles. The van der Waals surface area contributed by atoms with Crippen molar-refractivity contribution in [1.82, 2.24) is 0 Å². The van der Waals surface area contributed by atoms with Crippen molar-refractivity contribution in [3.8, 4) is 6.07 Å². The van der Waals surface area contributed by atoms with Gasteiger partial charge in [-0.3, -0.25) is 0 Å². The van der Waals surface area contributed by atoms with Crippen LogP contribution in [0.5, 0.6) is 0 Å². The maximum absolute atomic E-state index is 11.4. The topological polar surface area (TPSA) is 50.1 Å². The van der Waals surface area contributed by atoms with E-state index in [1.54, 1.807) is 0 Å². The molecule has 0 bridgehead atoms. The van der Waals surface area contributed by atoms with Gasteiger partial charge in [-0.1, -0.05) is 23.8 Å². The van der Waals surface area contributed by atoms with E-state index in [0.29, 0.717) is 0 Å². The molecule has 0 aromatic carbocycles. The van der Waals surface area contributed by atoms with Gasteiger partial charge in [-0.2, -0.15) is 5.26 Å². The van der Waals surface area contributed by atoms with Gasteiger partial charge >= 0.3 is 5.97 Å². The molecule has 0 radical (unpaired) electrons. The minimum atomic E-state index is -0.871. The van der Waals surface area contributed by atoms with Crippen molar-refractivity contribution in [2.75, 3.05) is 0 Å². The summed E-state index contributed by atoms with van der Waals surface area (Å²) in [6.07, 6.45) is 5.68. The van der Waals surface area contributed by atoms with E-state index in [9.17, 15) is 4.79 Å². The van der Waals surface area contributed by atoms with Gasteiger partial charge in [0.2, 0.25) is 6.10 Å². The molecule has 0 rings (SSSR count). The standard InChI is InChI=1S/C14H19NO2/c1-5-13(10-15)17-14(16)9-12(4)8-6-7-11(2)3/h5,7,9,13H,1,6,8H2,2-4H3. The van der Waals surface area contributed by atoms with Crippen LogP contribution in [-0.2, 0) is 9.53 Å². The van der Waals surface area contributed by atoms with Gasteiger partial charge in [0.1, 0.15) is 6.07 Å². The molecule has 0 amide bonds. The summed E-state index contributed by atoms with van der Waals surface area (Å²) in [4.78, 5) is 11.4. The van der Waals surface area contributed by atoms with E-state index in [-0.39, 0.29) is 0 Å². The summed E-state index contributed by atoms with van der Waals surface area (Å²) in [5.41, 5.74) is 2.20. The van der Waals surface area contributed by atoms with Crippen LogP contribution in [0.15, 0.2) is 36.0 Å². The average Bonchev–Trinajstić information content (AvgIpc) is 2.25. The number of esters is 1. The first kappa shape index (κ1) is 15.2. The quantitative estimate of drug-likeness (QED) is 0.402. The van der Waals surface area contributed by atoms with Crippen molar-refractivity contribution in [3.05, 3.63) is 36.0 Å². The lowest BCUT2D eigenvalue weighted by atomic mass is 10.1. The van der Waals surface area contributed by atoms with Gasteiger partial charge in [-0.25, -0.2) is 4.79 Å². The van der Waals surface area contributed by atoms with E-state index in [1.165, 1.54) is 17.7 Å². The Balaban J connectivity index is 4.20. The first-order chi connectivity index (χ1) is 7.99. The van der Waals surface area contributed by atoms with Crippen LogP contribution < -0.4 is 0 Å². The van der Waals surface area contributed by atoms with Gasteiger partial charge in [-0.05, 0) is 39.7 Å². The third-order valence-electron chi connectivity index (χ3n) is 2.04. The summed E-state index contributed by atoms with van der Waals surface area (Å²) in [6.45, 7) is 9.35. The van der Waals surface area contributed by atoms with Crippen molar-refractivity contribution in [1.29, 1.82) is 5.26 Å². The Bertz CT molecular complexity index is 368. The SMILES string of the molecule is C=CC(C#N)OC(=O)C=C(C)CCC=C(C)C. The Morgan fingerprint density at radius 2 is 2.12 bits per heavy atom. The molecular formula is C14H19NO2. The van der Waals surface area contributed by atoms with Crippen LogP contribution in [0.1, 0.15) is 33.6 Å².